The van der Waals surface area contributed by atoms with Gasteiger partial charge in [-0.25, -0.2) is 0 Å². The smallest absolute Gasteiger partial charge is 0.0689 e. The normalized spacial score (nSPS) is 32.3. The molecule has 0 amide bonds. The third-order valence-corrected chi connectivity index (χ3v) is 7.76. The van der Waals surface area contributed by atoms with Crippen LogP contribution in [0.3, 0.4) is 0 Å². The van der Waals surface area contributed by atoms with E-state index in [0.29, 0.717) is 0 Å². The molecule has 2 saturated carbocycles. The van der Waals surface area contributed by atoms with Crippen molar-refractivity contribution in [3.63, 3.8) is 0 Å². The second kappa shape index (κ2) is 12.0. The Labute approximate surface area is 164 Å². The molecule has 0 aliphatic heterocycles. The largest absolute Gasteiger partial charge is 0.198 e. The van der Waals surface area contributed by atoms with Gasteiger partial charge >= 0.3 is 0 Å². The molecule has 2 fully saturated rings. The van der Waals surface area contributed by atoms with Gasteiger partial charge in [-0.05, 0) is 62.7 Å². The van der Waals surface area contributed by atoms with Crippen molar-refractivity contribution in [1.82, 2.24) is 0 Å². The highest BCUT2D eigenvalue weighted by molar-refractivity contribution is 5.02. The van der Waals surface area contributed by atoms with Crippen molar-refractivity contribution >= 4 is 0 Å². The Bertz CT molecular complexity index is 391. The molecule has 0 saturated heterocycles. The molecule has 1 heteroatoms. The summed E-state index contributed by atoms with van der Waals surface area (Å²) in [5, 5.41) is 9.70. The van der Waals surface area contributed by atoms with Gasteiger partial charge in [-0.2, -0.15) is 5.26 Å². The van der Waals surface area contributed by atoms with Crippen LogP contribution in [0.25, 0.3) is 0 Å². The monoisotopic (exact) mass is 359 g/mol. The van der Waals surface area contributed by atoms with Crippen molar-refractivity contribution < 1.29 is 0 Å². The highest BCUT2D eigenvalue weighted by atomic mass is 14.4. The van der Waals surface area contributed by atoms with Gasteiger partial charge in [-0.15, -0.1) is 0 Å². The van der Waals surface area contributed by atoms with Gasteiger partial charge in [0.25, 0.3) is 0 Å². The SMILES string of the molecule is CCCCCCCCC1CCC([C@H]2CC[C@](C#N)(CCCC)CC2)CC1. The lowest BCUT2D eigenvalue weighted by atomic mass is 9.63. The summed E-state index contributed by atoms with van der Waals surface area (Å²) in [6.07, 6.45) is 24.8. The first-order valence-corrected chi connectivity index (χ1v) is 12.1. The van der Waals surface area contributed by atoms with Crippen molar-refractivity contribution in [3.05, 3.63) is 0 Å². The van der Waals surface area contributed by atoms with E-state index in [0.717, 1.165) is 24.2 Å². The van der Waals surface area contributed by atoms with Crippen molar-refractivity contribution in [2.45, 2.75) is 129 Å². The lowest BCUT2D eigenvalue weighted by Gasteiger charge is -2.41. The van der Waals surface area contributed by atoms with Crippen LogP contribution in [-0.4, -0.2) is 0 Å². The summed E-state index contributed by atoms with van der Waals surface area (Å²) in [6, 6.07) is 2.72. The summed E-state index contributed by atoms with van der Waals surface area (Å²) in [4.78, 5) is 0. The molecule has 2 aliphatic rings. The molecule has 26 heavy (non-hydrogen) atoms. The third-order valence-electron chi connectivity index (χ3n) is 7.76. The maximum atomic E-state index is 9.70. The third kappa shape index (κ3) is 6.90. The van der Waals surface area contributed by atoms with Crippen LogP contribution in [0, 0.1) is 34.5 Å². The van der Waals surface area contributed by atoms with Crippen LogP contribution in [0.1, 0.15) is 129 Å². The summed E-state index contributed by atoms with van der Waals surface area (Å²) in [6.45, 7) is 4.55. The molecule has 0 heterocycles. The molecule has 150 valence electrons. The number of unbranched alkanes of at least 4 members (excludes halogenated alkanes) is 6. The second-order valence-electron chi connectivity index (χ2n) is 9.67. The molecule has 1 nitrogen and oxygen atoms in total. The highest BCUT2D eigenvalue weighted by Crippen LogP contribution is 2.47. The van der Waals surface area contributed by atoms with Crippen LogP contribution >= 0.6 is 0 Å². The molecule has 0 atom stereocenters. The van der Waals surface area contributed by atoms with Crippen LogP contribution in [-0.2, 0) is 0 Å². The molecule has 2 rings (SSSR count). The minimum atomic E-state index is 0.0431. The predicted molar refractivity (Wildman–Crippen MR) is 113 cm³/mol. The summed E-state index contributed by atoms with van der Waals surface area (Å²) in [5.74, 6) is 2.95. The van der Waals surface area contributed by atoms with Crippen molar-refractivity contribution in [3.8, 4) is 6.07 Å². The Balaban J connectivity index is 1.61. The second-order valence-corrected chi connectivity index (χ2v) is 9.67. The molecular weight excluding hydrogens is 314 g/mol. The maximum Gasteiger partial charge on any atom is 0.0689 e. The van der Waals surface area contributed by atoms with E-state index in [4.69, 9.17) is 0 Å². The molecule has 0 bridgehead atoms. The number of nitrogens with zero attached hydrogens (tertiary/aromatic N) is 1. The molecule has 0 unspecified atom stereocenters. The van der Waals surface area contributed by atoms with Gasteiger partial charge in [0.05, 0.1) is 11.5 Å². The first-order chi connectivity index (χ1) is 12.7. The average Bonchev–Trinajstić information content (AvgIpc) is 2.70. The molecule has 0 N–H and O–H groups in total. The molecule has 0 aromatic carbocycles. The first-order valence-electron chi connectivity index (χ1n) is 12.1. The topological polar surface area (TPSA) is 23.8 Å². The zero-order valence-corrected chi connectivity index (χ0v) is 17.9. The molecule has 0 aromatic heterocycles. The minimum absolute atomic E-state index is 0.0431. The Morgan fingerprint density at radius 1 is 0.731 bits per heavy atom. The van der Waals surface area contributed by atoms with E-state index in [1.54, 1.807) is 0 Å². The van der Waals surface area contributed by atoms with Gasteiger partial charge in [0.2, 0.25) is 0 Å². The molecule has 2 aliphatic carbocycles. The summed E-state index contributed by atoms with van der Waals surface area (Å²) in [5.41, 5.74) is 0.0431. The standard InChI is InChI=1S/C25H45N/c1-3-5-7-8-9-10-11-22-12-14-23(15-13-22)24-16-19-25(21-26,20-17-24)18-6-4-2/h22-24H,3-20H2,1-2H3/t22?,23?,24-,25+. The Kier molecular flexibility index (Phi) is 10.1. The molecule has 0 spiro atoms. The van der Waals surface area contributed by atoms with Gasteiger partial charge in [0.1, 0.15) is 0 Å². The van der Waals surface area contributed by atoms with E-state index in [-0.39, 0.29) is 5.41 Å². The first kappa shape index (κ1) is 21.8. The van der Waals surface area contributed by atoms with Gasteiger partial charge in [0, 0.05) is 0 Å². The van der Waals surface area contributed by atoms with Crippen molar-refractivity contribution in [2.24, 2.45) is 23.2 Å². The van der Waals surface area contributed by atoms with E-state index in [2.05, 4.69) is 19.9 Å². The molecule has 0 aromatic rings. The maximum absolute atomic E-state index is 9.70. The molecular formula is C25H45N. The van der Waals surface area contributed by atoms with Crippen molar-refractivity contribution in [1.29, 1.82) is 5.26 Å². The average molecular weight is 360 g/mol. The van der Waals surface area contributed by atoms with Crippen LogP contribution in [0.2, 0.25) is 0 Å². The van der Waals surface area contributed by atoms with Crippen LogP contribution < -0.4 is 0 Å². The Hall–Kier alpha value is -0.510. The van der Waals surface area contributed by atoms with E-state index in [9.17, 15) is 5.26 Å². The van der Waals surface area contributed by atoms with Gasteiger partial charge in [-0.1, -0.05) is 84.5 Å². The fourth-order valence-corrected chi connectivity index (χ4v) is 5.76. The van der Waals surface area contributed by atoms with Crippen LogP contribution in [0.15, 0.2) is 0 Å². The number of nitriles is 1. The van der Waals surface area contributed by atoms with Crippen LogP contribution in [0.5, 0.6) is 0 Å². The number of hydrogen-bond acceptors (Lipinski definition) is 1. The van der Waals surface area contributed by atoms with Gasteiger partial charge < -0.3 is 0 Å². The summed E-state index contributed by atoms with van der Waals surface area (Å²) in [7, 11) is 0. The highest BCUT2D eigenvalue weighted by Gasteiger charge is 2.38. The van der Waals surface area contributed by atoms with E-state index < -0.39 is 0 Å². The fraction of sp³-hybridized carbons (Fsp3) is 0.960. The van der Waals surface area contributed by atoms with Gasteiger partial charge in [-0.3, -0.25) is 0 Å². The lowest BCUT2D eigenvalue weighted by Crippen LogP contribution is -2.31. The minimum Gasteiger partial charge on any atom is -0.198 e. The quantitative estimate of drug-likeness (QED) is 0.339. The lowest BCUT2D eigenvalue weighted by molar-refractivity contribution is 0.115. The van der Waals surface area contributed by atoms with Crippen LogP contribution in [0.4, 0.5) is 0 Å². The van der Waals surface area contributed by atoms with E-state index >= 15 is 0 Å². The summed E-state index contributed by atoms with van der Waals surface area (Å²) < 4.78 is 0. The number of rotatable bonds is 11. The zero-order chi connectivity index (χ0) is 18.7. The molecule has 0 radical (unpaired) electrons. The summed E-state index contributed by atoms with van der Waals surface area (Å²) >= 11 is 0. The van der Waals surface area contributed by atoms with E-state index in [1.807, 2.05) is 0 Å². The predicted octanol–water partition coefficient (Wildman–Crippen LogP) is 8.43. The number of hydrogen-bond donors (Lipinski definition) is 0. The van der Waals surface area contributed by atoms with Crippen molar-refractivity contribution in [2.75, 3.05) is 0 Å². The Morgan fingerprint density at radius 3 is 1.92 bits per heavy atom. The van der Waals surface area contributed by atoms with Gasteiger partial charge in [0.15, 0.2) is 0 Å². The zero-order valence-electron chi connectivity index (χ0n) is 17.9. The van der Waals surface area contributed by atoms with E-state index in [1.165, 1.54) is 109 Å². The Morgan fingerprint density at radius 2 is 1.31 bits per heavy atom. The fourth-order valence-electron chi connectivity index (χ4n) is 5.76.